The number of benzene rings is 2. The predicted octanol–water partition coefficient (Wildman–Crippen LogP) is 6.19. The molecular formula is C28H36F3NO4. The molecule has 2 aromatic rings. The second kappa shape index (κ2) is 16.7. The van der Waals surface area contributed by atoms with Gasteiger partial charge in [0.05, 0.1) is 13.0 Å². The zero-order chi connectivity index (χ0) is 26.1. The molecule has 0 heterocycles. The van der Waals surface area contributed by atoms with Gasteiger partial charge in [-0.2, -0.15) is 13.2 Å². The number of unbranched alkanes of at least 4 members (excludes halogenated alkanes) is 5. The molecule has 0 aliphatic heterocycles. The minimum atomic E-state index is -5.16. The van der Waals surface area contributed by atoms with Gasteiger partial charge in [-0.1, -0.05) is 68.1 Å². The Balaban J connectivity index is 1.46. The number of nitrogens with one attached hydrogen (secondary N) is 1. The van der Waals surface area contributed by atoms with Crippen LogP contribution in [0, 0.1) is 0 Å². The van der Waals surface area contributed by atoms with Crippen molar-refractivity contribution in [3.05, 3.63) is 65.7 Å². The van der Waals surface area contributed by atoms with Crippen LogP contribution in [0.2, 0.25) is 0 Å². The van der Waals surface area contributed by atoms with Gasteiger partial charge >= 0.3 is 18.1 Å². The fourth-order valence-electron chi connectivity index (χ4n) is 3.71. The van der Waals surface area contributed by atoms with Gasteiger partial charge < -0.3 is 14.8 Å². The number of aryl methyl sites for hydroxylation is 2. The van der Waals surface area contributed by atoms with E-state index in [0.29, 0.717) is 13.2 Å². The molecule has 0 fully saturated rings. The van der Waals surface area contributed by atoms with Crippen molar-refractivity contribution in [1.82, 2.24) is 5.32 Å². The van der Waals surface area contributed by atoms with Gasteiger partial charge in [-0.25, -0.2) is 4.79 Å². The third-order valence-electron chi connectivity index (χ3n) is 5.63. The van der Waals surface area contributed by atoms with Gasteiger partial charge in [0.1, 0.15) is 5.75 Å². The maximum atomic E-state index is 12.0. The molecule has 198 valence electrons. The molecule has 5 nitrogen and oxygen atoms in total. The minimum absolute atomic E-state index is 0.139. The van der Waals surface area contributed by atoms with Crippen LogP contribution in [-0.4, -0.2) is 37.8 Å². The molecule has 0 aromatic heterocycles. The second-order valence-corrected chi connectivity index (χ2v) is 8.72. The summed E-state index contributed by atoms with van der Waals surface area (Å²) in [6.07, 6.45) is 4.42. The van der Waals surface area contributed by atoms with Gasteiger partial charge in [-0.05, 0) is 61.9 Å². The maximum absolute atomic E-state index is 12.0. The van der Waals surface area contributed by atoms with Gasteiger partial charge in [0, 0.05) is 6.54 Å². The van der Waals surface area contributed by atoms with E-state index in [4.69, 9.17) is 4.74 Å². The summed E-state index contributed by atoms with van der Waals surface area (Å²) in [5.74, 6) is -2.83. The van der Waals surface area contributed by atoms with Gasteiger partial charge in [-0.3, -0.25) is 4.79 Å². The highest BCUT2D eigenvalue weighted by atomic mass is 19.4. The molecule has 36 heavy (non-hydrogen) atoms. The zero-order valence-corrected chi connectivity index (χ0v) is 20.7. The molecule has 0 saturated carbocycles. The van der Waals surface area contributed by atoms with Crippen LogP contribution in [0.1, 0.15) is 62.5 Å². The number of ether oxygens (including phenoxy) is 2. The monoisotopic (exact) mass is 507 g/mol. The second-order valence-electron chi connectivity index (χ2n) is 8.72. The molecule has 0 bridgehead atoms. The Labute approximate surface area is 211 Å². The van der Waals surface area contributed by atoms with E-state index in [9.17, 15) is 22.8 Å². The van der Waals surface area contributed by atoms with Crippen molar-refractivity contribution in [2.24, 2.45) is 0 Å². The maximum Gasteiger partial charge on any atom is 0.491 e. The standard InChI is InChI=1S/C28H36F3NO4/c29-28(30,31)27(34)36-26(33)18-20-32-19-11-16-24-15-10-17-25(22-24)35-21-9-4-2-1-3-6-12-23-13-7-5-8-14-23/h5,7-8,10,13-15,17,22,32H,1-4,6,9,11-12,16,18-21H2. The number of carbonyl (C=O) groups excluding carboxylic acids is 2. The number of hydrogen-bond acceptors (Lipinski definition) is 5. The lowest BCUT2D eigenvalue weighted by atomic mass is 10.1. The highest BCUT2D eigenvalue weighted by Crippen LogP contribution is 2.17. The lowest BCUT2D eigenvalue weighted by Crippen LogP contribution is -2.29. The average Bonchev–Trinajstić information content (AvgIpc) is 2.85. The Morgan fingerprint density at radius 1 is 0.750 bits per heavy atom. The first-order valence-corrected chi connectivity index (χ1v) is 12.6. The molecule has 8 heteroatoms. The summed E-state index contributed by atoms with van der Waals surface area (Å²) in [5, 5.41) is 2.96. The molecule has 2 rings (SSSR count). The summed E-state index contributed by atoms with van der Waals surface area (Å²) in [4.78, 5) is 21.8. The van der Waals surface area contributed by atoms with E-state index in [2.05, 4.69) is 40.4 Å². The number of hydrogen-bond donors (Lipinski definition) is 1. The van der Waals surface area contributed by atoms with Crippen LogP contribution in [-0.2, 0) is 27.2 Å². The van der Waals surface area contributed by atoms with E-state index in [1.165, 1.54) is 31.2 Å². The largest absolute Gasteiger partial charge is 0.494 e. The summed E-state index contributed by atoms with van der Waals surface area (Å²) < 4.78 is 45.7. The van der Waals surface area contributed by atoms with E-state index >= 15 is 0 Å². The highest BCUT2D eigenvalue weighted by molar-refractivity contribution is 5.88. The third kappa shape index (κ3) is 13.3. The predicted molar refractivity (Wildman–Crippen MR) is 133 cm³/mol. The molecule has 0 unspecified atom stereocenters. The lowest BCUT2D eigenvalue weighted by molar-refractivity contribution is -0.201. The van der Waals surface area contributed by atoms with Crippen molar-refractivity contribution in [3.63, 3.8) is 0 Å². The lowest BCUT2D eigenvalue weighted by Gasteiger charge is -2.09. The van der Waals surface area contributed by atoms with Crippen LogP contribution >= 0.6 is 0 Å². The average molecular weight is 508 g/mol. The fourth-order valence-corrected chi connectivity index (χ4v) is 3.71. The Morgan fingerprint density at radius 2 is 1.42 bits per heavy atom. The zero-order valence-electron chi connectivity index (χ0n) is 20.7. The summed E-state index contributed by atoms with van der Waals surface area (Å²) in [6, 6.07) is 18.5. The van der Waals surface area contributed by atoms with Gasteiger partial charge in [0.25, 0.3) is 0 Å². The van der Waals surface area contributed by atoms with Crippen molar-refractivity contribution in [2.45, 2.75) is 70.4 Å². The Kier molecular flexibility index (Phi) is 13.7. The van der Waals surface area contributed by atoms with Crippen molar-refractivity contribution in [2.75, 3.05) is 19.7 Å². The molecule has 0 atom stereocenters. The van der Waals surface area contributed by atoms with E-state index in [0.717, 1.165) is 43.4 Å². The first-order valence-electron chi connectivity index (χ1n) is 12.6. The van der Waals surface area contributed by atoms with Crippen molar-refractivity contribution >= 4 is 11.9 Å². The Bertz CT molecular complexity index is 903. The fraction of sp³-hybridized carbons (Fsp3) is 0.500. The van der Waals surface area contributed by atoms with E-state index < -0.39 is 18.1 Å². The van der Waals surface area contributed by atoms with Crippen molar-refractivity contribution in [3.8, 4) is 5.75 Å². The summed E-state index contributed by atoms with van der Waals surface area (Å²) in [7, 11) is 0. The smallest absolute Gasteiger partial charge is 0.491 e. The van der Waals surface area contributed by atoms with Crippen LogP contribution in [0.25, 0.3) is 0 Å². The van der Waals surface area contributed by atoms with E-state index in [1.54, 1.807) is 0 Å². The molecule has 1 N–H and O–H groups in total. The molecule has 0 aliphatic carbocycles. The highest BCUT2D eigenvalue weighted by Gasteiger charge is 2.42. The van der Waals surface area contributed by atoms with Crippen molar-refractivity contribution < 1.29 is 32.2 Å². The van der Waals surface area contributed by atoms with Crippen LogP contribution < -0.4 is 10.1 Å². The number of alkyl halides is 3. The number of halogens is 3. The van der Waals surface area contributed by atoms with Crippen LogP contribution in [0.3, 0.4) is 0 Å². The topological polar surface area (TPSA) is 64.6 Å². The van der Waals surface area contributed by atoms with Crippen LogP contribution in [0.5, 0.6) is 5.75 Å². The first kappa shape index (κ1) is 29.4. The summed E-state index contributed by atoms with van der Waals surface area (Å²) in [5.41, 5.74) is 2.54. The first-order chi connectivity index (χ1) is 17.3. The van der Waals surface area contributed by atoms with Gasteiger partial charge in [0.15, 0.2) is 0 Å². The quantitative estimate of drug-likeness (QED) is 0.157. The molecule has 2 aromatic carbocycles. The SMILES string of the molecule is O=C(CCNCCCc1cccc(OCCCCCCCCc2ccccc2)c1)OC(=O)C(F)(F)F. The van der Waals surface area contributed by atoms with Crippen LogP contribution in [0.4, 0.5) is 13.2 Å². The number of carbonyl (C=O) groups is 2. The molecule has 0 aliphatic rings. The van der Waals surface area contributed by atoms with E-state index in [1.807, 2.05) is 24.3 Å². The van der Waals surface area contributed by atoms with Crippen LogP contribution in [0.15, 0.2) is 54.6 Å². The van der Waals surface area contributed by atoms with Gasteiger partial charge in [-0.15, -0.1) is 0 Å². The Morgan fingerprint density at radius 3 is 2.17 bits per heavy atom. The Hall–Kier alpha value is -2.87. The molecule has 0 amide bonds. The number of esters is 2. The summed E-state index contributed by atoms with van der Waals surface area (Å²) in [6.45, 7) is 1.42. The normalized spacial score (nSPS) is 11.3. The van der Waals surface area contributed by atoms with Gasteiger partial charge in [0.2, 0.25) is 0 Å². The molecular weight excluding hydrogens is 471 g/mol. The molecule has 0 saturated heterocycles. The molecule has 0 spiro atoms. The number of rotatable bonds is 17. The van der Waals surface area contributed by atoms with Crippen molar-refractivity contribution in [1.29, 1.82) is 0 Å². The minimum Gasteiger partial charge on any atom is -0.494 e. The molecule has 0 radical (unpaired) electrons. The van der Waals surface area contributed by atoms with E-state index in [-0.39, 0.29) is 13.0 Å². The third-order valence-corrected chi connectivity index (χ3v) is 5.63. The summed E-state index contributed by atoms with van der Waals surface area (Å²) >= 11 is 0.